The van der Waals surface area contributed by atoms with E-state index in [1.54, 1.807) is 30.3 Å². The molecule has 3 aromatic carbocycles. The lowest BCUT2D eigenvalue weighted by atomic mass is 9.94. The molecule has 7 heteroatoms. The van der Waals surface area contributed by atoms with E-state index >= 15 is 4.39 Å². The lowest BCUT2D eigenvalue weighted by Crippen LogP contribution is -2.42. The number of rotatable bonds is 6. The van der Waals surface area contributed by atoms with E-state index in [9.17, 15) is 14.7 Å². The first-order valence-corrected chi connectivity index (χ1v) is 13.3. The second-order valence-corrected chi connectivity index (χ2v) is 10.4. The Morgan fingerprint density at radius 3 is 2.29 bits per heavy atom. The minimum absolute atomic E-state index is 0.0996. The largest absolute Gasteiger partial charge is 0.507 e. The Bertz CT molecular complexity index is 1360. The number of carbonyl (C=O) groups excluding carboxylic acids is 2. The number of halogens is 2. The number of aliphatic hydroxyl groups excluding tert-OH is 1. The normalized spacial score (nSPS) is 20.6. The Labute approximate surface area is 227 Å². The third kappa shape index (κ3) is 5.11. The van der Waals surface area contributed by atoms with Gasteiger partial charge in [-0.05, 0) is 56.6 Å². The molecule has 5 rings (SSSR count). The number of Topliss-reactive ketones (excluding diaryl/α,β-unsaturated/α-hetero) is 1. The summed E-state index contributed by atoms with van der Waals surface area (Å²) in [5.41, 5.74) is 2.43. The maximum absolute atomic E-state index is 15.2. The van der Waals surface area contributed by atoms with Gasteiger partial charge in [0.05, 0.1) is 17.7 Å². The molecule has 2 fully saturated rings. The molecule has 196 valence electrons. The minimum atomic E-state index is -1.06. The zero-order chi connectivity index (χ0) is 26.8. The first-order chi connectivity index (χ1) is 18.3. The van der Waals surface area contributed by atoms with Crippen LogP contribution in [-0.4, -0.2) is 46.2 Å². The molecule has 2 aliphatic rings. The van der Waals surface area contributed by atoms with Gasteiger partial charge in [-0.1, -0.05) is 78.2 Å². The molecular formula is C31H30ClFN2O3. The van der Waals surface area contributed by atoms with Gasteiger partial charge in [0.25, 0.3) is 11.7 Å². The number of piperidine rings is 1. The van der Waals surface area contributed by atoms with E-state index in [4.69, 9.17) is 11.6 Å². The molecule has 0 radical (unpaired) electrons. The highest BCUT2D eigenvalue weighted by Crippen LogP contribution is 2.42. The van der Waals surface area contributed by atoms with Crippen LogP contribution in [0.2, 0.25) is 5.02 Å². The predicted octanol–water partition coefficient (Wildman–Crippen LogP) is 6.44. The number of amides is 1. The van der Waals surface area contributed by atoms with Crippen LogP contribution in [0.1, 0.15) is 53.6 Å². The van der Waals surface area contributed by atoms with Crippen molar-refractivity contribution in [3.05, 3.63) is 111 Å². The average molecular weight is 533 g/mol. The van der Waals surface area contributed by atoms with E-state index in [0.29, 0.717) is 10.6 Å². The number of likely N-dealkylation sites (tertiary alicyclic amines) is 2. The first kappa shape index (κ1) is 26.1. The fraction of sp³-hybridized carbons (Fsp3) is 0.290. The van der Waals surface area contributed by atoms with E-state index in [1.807, 2.05) is 43.3 Å². The van der Waals surface area contributed by atoms with E-state index in [1.165, 1.54) is 11.0 Å². The Balaban J connectivity index is 1.62. The van der Waals surface area contributed by atoms with Crippen LogP contribution < -0.4 is 0 Å². The number of hydrogen-bond donors (Lipinski definition) is 1. The highest BCUT2D eigenvalue weighted by Gasteiger charge is 2.48. The van der Waals surface area contributed by atoms with Crippen LogP contribution in [-0.2, 0) is 9.59 Å². The lowest BCUT2D eigenvalue weighted by Gasteiger charge is -2.38. The number of aliphatic hydroxyl groups is 1. The van der Waals surface area contributed by atoms with Gasteiger partial charge >= 0.3 is 0 Å². The Morgan fingerprint density at radius 2 is 1.63 bits per heavy atom. The summed E-state index contributed by atoms with van der Waals surface area (Å²) in [6.07, 6.45) is 3.21. The molecule has 0 aromatic heterocycles. The molecule has 2 saturated heterocycles. The maximum Gasteiger partial charge on any atom is 0.295 e. The van der Waals surface area contributed by atoms with Crippen molar-refractivity contribution >= 4 is 29.1 Å². The topological polar surface area (TPSA) is 60.9 Å². The van der Waals surface area contributed by atoms with E-state index in [2.05, 4.69) is 4.90 Å². The van der Waals surface area contributed by atoms with E-state index in [0.717, 1.165) is 43.5 Å². The molecular weight excluding hydrogens is 503 g/mol. The molecule has 3 aromatic rings. The first-order valence-electron chi connectivity index (χ1n) is 12.9. The molecule has 1 amide bonds. The smallest absolute Gasteiger partial charge is 0.295 e. The number of nitrogens with zero attached hydrogens (tertiary/aromatic N) is 2. The average Bonchev–Trinajstić information content (AvgIpc) is 3.18. The summed E-state index contributed by atoms with van der Waals surface area (Å²) >= 11 is 6.16. The molecule has 2 aliphatic heterocycles. The second-order valence-electron chi connectivity index (χ2n) is 10.0. The fourth-order valence-corrected chi connectivity index (χ4v) is 5.61. The van der Waals surface area contributed by atoms with Crippen LogP contribution in [0, 0.1) is 12.7 Å². The van der Waals surface area contributed by atoms with Gasteiger partial charge in [0.15, 0.2) is 0 Å². The maximum atomic E-state index is 15.2. The molecule has 0 aliphatic carbocycles. The molecule has 5 nitrogen and oxygen atoms in total. The number of benzene rings is 3. The zero-order valence-electron chi connectivity index (χ0n) is 21.2. The molecule has 0 spiro atoms. The fourth-order valence-electron chi connectivity index (χ4n) is 5.49. The van der Waals surface area contributed by atoms with Crippen LogP contribution in [0.3, 0.4) is 0 Å². The number of aryl methyl sites for hydroxylation is 1. The van der Waals surface area contributed by atoms with Crippen LogP contribution in [0.15, 0.2) is 78.4 Å². The third-order valence-electron chi connectivity index (χ3n) is 7.52. The van der Waals surface area contributed by atoms with Crippen molar-refractivity contribution in [1.29, 1.82) is 0 Å². The SMILES string of the molecule is Cc1ccc(C(O)=C2C(=O)C(=O)N(C[C@H](c3ccc(Cl)cc3)N3CCCCC3)[C@@H]2c2ccccc2F)cc1. The van der Waals surface area contributed by atoms with E-state index in [-0.39, 0.29) is 29.5 Å². The van der Waals surface area contributed by atoms with Crippen LogP contribution in [0.25, 0.3) is 5.76 Å². The Kier molecular flexibility index (Phi) is 7.63. The van der Waals surface area contributed by atoms with Crippen molar-refractivity contribution in [2.24, 2.45) is 0 Å². The lowest BCUT2D eigenvalue weighted by molar-refractivity contribution is -0.140. The standard InChI is InChI=1S/C31H30ClFN2O3/c1-20-9-11-22(12-10-20)29(36)27-28(24-7-3-4-8-25(24)33)35(31(38)30(27)37)19-26(34-17-5-2-6-18-34)21-13-15-23(32)16-14-21/h3-4,7-16,26,28,36H,2,5-6,17-19H2,1H3/t26-,28-/m1/s1. The molecule has 0 saturated carbocycles. The van der Waals surface area contributed by atoms with Gasteiger partial charge in [-0.15, -0.1) is 0 Å². The molecule has 0 unspecified atom stereocenters. The molecule has 0 bridgehead atoms. The Hall–Kier alpha value is -3.48. The molecule has 1 N–H and O–H groups in total. The second kappa shape index (κ2) is 11.1. The molecule has 38 heavy (non-hydrogen) atoms. The summed E-state index contributed by atoms with van der Waals surface area (Å²) in [4.78, 5) is 30.8. The van der Waals surface area contributed by atoms with Gasteiger partial charge in [0.1, 0.15) is 11.6 Å². The summed E-state index contributed by atoms with van der Waals surface area (Å²) in [6, 6.07) is 19.3. The summed E-state index contributed by atoms with van der Waals surface area (Å²) in [7, 11) is 0. The van der Waals surface area contributed by atoms with Crippen molar-refractivity contribution in [2.75, 3.05) is 19.6 Å². The predicted molar refractivity (Wildman–Crippen MR) is 146 cm³/mol. The van der Waals surface area contributed by atoms with Gasteiger partial charge in [0.2, 0.25) is 0 Å². The summed E-state index contributed by atoms with van der Waals surface area (Å²) in [5, 5.41) is 11.9. The molecule has 2 heterocycles. The summed E-state index contributed by atoms with van der Waals surface area (Å²) in [6.45, 7) is 3.78. The molecule has 2 atom stereocenters. The van der Waals surface area contributed by atoms with Crippen molar-refractivity contribution in [3.63, 3.8) is 0 Å². The van der Waals surface area contributed by atoms with Gasteiger partial charge in [-0.2, -0.15) is 0 Å². The van der Waals surface area contributed by atoms with Crippen molar-refractivity contribution in [2.45, 2.75) is 38.3 Å². The number of ketones is 1. The van der Waals surface area contributed by atoms with Crippen molar-refractivity contribution in [3.8, 4) is 0 Å². The van der Waals surface area contributed by atoms with Gasteiger partial charge in [-0.3, -0.25) is 14.5 Å². The minimum Gasteiger partial charge on any atom is -0.507 e. The van der Waals surface area contributed by atoms with Crippen LogP contribution in [0.5, 0.6) is 0 Å². The van der Waals surface area contributed by atoms with Crippen LogP contribution in [0.4, 0.5) is 4.39 Å². The number of hydrogen-bond acceptors (Lipinski definition) is 4. The van der Waals surface area contributed by atoms with Gasteiger partial charge in [-0.25, -0.2) is 4.39 Å². The van der Waals surface area contributed by atoms with Gasteiger partial charge in [0, 0.05) is 22.7 Å². The van der Waals surface area contributed by atoms with Crippen molar-refractivity contribution in [1.82, 2.24) is 9.80 Å². The third-order valence-corrected chi connectivity index (χ3v) is 7.77. The quantitative estimate of drug-likeness (QED) is 0.225. The number of carbonyl (C=O) groups is 2. The summed E-state index contributed by atoms with van der Waals surface area (Å²) < 4.78 is 15.2. The summed E-state index contributed by atoms with van der Waals surface area (Å²) in [5.74, 6) is -2.41. The monoisotopic (exact) mass is 532 g/mol. The Morgan fingerprint density at radius 1 is 0.974 bits per heavy atom. The van der Waals surface area contributed by atoms with E-state index < -0.39 is 23.5 Å². The highest BCUT2D eigenvalue weighted by atomic mass is 35.5. The van der Waals surface area contributed by atoms with Crippen molar-refractivity contribution < 1.29 is 19.1 Å². The highest BCUT2D eigenvalue weighted by molar-refractivity contribution is 6.46. The zero-order valence-corrected chi connectivity index (χ0v) is 22.0. The van der Waals surface area contributed by atoms with Gasteiger partial charge < -0.3 is 10.0 Å². The van der Waals surface area contributed by atoms with Crippen LogP contribution >= 0.6 is 11.6 Å².